The van der Waals surface area contributed by atoms with Crippen molar-refractivity contribution in [2.75, 3.05) is 12.8 Å². The third kappa shape index (κ3) is 5.93. The summed E-state index contributed by atoms with van der Waals surface area (Å²) in [5.41, 5.74) is -0.0250. The first-order chi connectivity index (χ1) is 14.8. The molecule has 174 valence electrons. The molecule has 3 rings (SSSR count). The lowest BCUT2D eigenvalue weighted by Gasteiger charge is -2.43. The van der Waals surface area contributed by atoms with Crippen LogP contribution < -0.4 is 10.6 Å². The van der Waals surface area contributed by atoms with Crippen LogP contribution in [0.3, 0.4) is 0 Å². The largest absolute Gasteiger partial charge is 0.387 e. The fourth-order valence-corrected chi connectivity index (χ4v) is 5.29. The van der Waals surface area contributed by atoms with Crippen molar-refractivity contribution in [3.05, 3.63) is 34.9 Å². The third-order valence-electron chi connectivity index (χ3n) is 6.22. The van der Waals surface area contributed by atoms with Gasteiger partial charge in [-0.15, -0.1) is 11.8 Å². The molecule has 5 N–H and O–H groups in total. The van der Waals surface area contributed by atoms with E-state index < -0.39 is 35.9 Å². The fraction of sp³-hybridized carbons (Fsp3) is 0.682. The zero-order valence-electron chi connectivity index (χ0n) is 17.9. The highest BCUT2D eigenvalue weighted by Gasteiger charge is 2.47. The molecule has 8 atom stereocenters. The molecule has 7 nitrogen and oxygen atoms in total. The summed E-state index contributed by atoms with van der Waals surface area (Å²) in [5.74, 6) is 0.336. The van der Waals surface area contributed by atoms with Crippen LogP contribution in [0.1, 0.15) is 44.2 Å². The Labute approximate surface area is 192 Å². The van der Waals surface area contributed by atoms with Crippen molar-refractivity contribution in [3.63, 3.8) is 0 Å². The highest BCUT2D eigenvalue weighted by Crippen LogP contribution is 2.34. The molecule has 0 radical (unpaired) electrons. The maximum Gasteiger partial charge on any atom is 0.237 e. The monoisotopic (exact) mass is 472 g/mol. The summed E-state index contributed by atoms with van der Waals surface area (Å²) < 4.78 is 5.96. The second-order valence-electron chi connectivity index (χ2n) is 8.40. The van der Waals surface area contributed by atoms with E-state index in [0.717, 1.165) is 32.2 Å². The summed E-state index contributed by atoms with van der Waals surface area (Å²) in [6, 6.07) is 5.90. The fourth-order valence-electron chi connectivity index (χ4n) is 4.49. The predicted octanol–water partition coefficient (Wildman–Crippen LogP) is 1.84. The lowest BCUT2D eigenvalue weighted by molar-refractivity contribution is -0.206. The minimum absolute atomic E-state index is 0.169. The van der Waals surface area contributed by atoms with Crippen LogP contribution in [-0.4, -0.2) is 69.9 Å². The summed E-state index contributed by atoms with van der Waals surface area (Å²) in [7, 11) is 0. The van der Waals surface area contributed by atoms with Gasteiger partial charge in [-0.1, -0.05) is 43.5 Å². The summed E-state index contributed by atoms with van der Waals surface area (Å²) in [6.07, 6.45) is 0.842. The van der Waals surface area contributed by atoms with Gasteiger partial charge in [0.1, 0.15) is 29.9 Å². The Hall–Kier alpha value is -0.870. The van der Waals surface area contributed by atoms with Crippen molar-refractivity contribution in [2.45, 2.75) is 74.5 Å². The number of amides is 1. The predicted molar refractivity (Wildman–Crippen MR) is 122 cm³/mol. The average Bonchev–Trinajstić information content (AvgIpc) is 2.77. The summed E-state index contributed by atoms with van der Waals surface area (Å²) in [4.78, 5) is 13.2. The molecule has 0 saturated carbocycles. The van der Waals surface area contributed by atoms with Crippen LogP contribution in [0.4, 0.5) is 0 Å². The van der Waals surface area contributed by atoms with Gasteiger partial charge in [0, 0.05) is 5.02 Å². The molecule has 0 aromatic heterocycles. The van der Waals surface area contributed by atoms with Crippen LogP contribution in [-0.2, 0) is 9.53 Å². The molecule has 1 amide bonds. The first kappa shape index (κ1) is 24.8. The average molecular weight is 473 g/mol. The molecule has 3 unspecified atom stereocenters. The molecule has 0 aliphatic carbocycles. The Kier molecular flexibility index (Phi) is 9.04. The van der Waals surface area contributed by atoms with Crippen molar-refractivity contribution in [1.82, 2.24) is 10.6 Å². The molecule has 1 aromatic rings. The molecule has 0 bridgehead atoms. The van der Waals surface area contributed by atoms with E-state index in [4.69, 9.17) is 16.3 Å². The molecule has 31 heavy (non-hydrogen) atoms. The number of aliphatic hydroxyl groups excluding tert-OH is 3. The second-order valence-corrected chi connectivity index (χ2v) is 9.77. The number of hydrogen-bond donors (Lipinski definition) is 5. The van der Waals surface area contributed by atoms with Crippen LogP contribution in [0, 0.1) is 5.92 Å². The minimum Gasteiger partial charge on any atom is -0.387 e. The maximum absolute atomic E-state index is 13.2. The second kappa shape index (κ2) is 11.3. The van der Waals surface area contributed by atoms with E-state index in [0.29, 0.717) is 16.5 Å². The molecule has 2 saturated heterocycles. The van der Waals surface area contributed by atoms with E-state index in [9.17, 15) is 20.1 Å². The van der Waals surface area contributed by atoms with Crippen LogP contribution in [0.2, 0.25) is 5.02 Å². The SMILES string of the molecule is CCCC1CCNC(C(=O)NC(c2ccc(Cl)cc2)[C@H]2O[C@H](SC)[C@H](O)[C@@H](O)[C@H]2O)C1. The van der Waals surface area contributed by atoms with Gasteiger partial charge >= 0.3 is 0 Å². The van der Waals surface area contributed by atoms with Crippen LogP contribution in [0.5, 0.6) is 0 Å². The van der Waals surface area contributed by atoms with Gasteiger partial charge in [0.25, 0.3) is 0 Å². The molecule has 2 aliphatic heterocycles. The Morgan fingerprint density at radius 2 is 1.97 bits per heavy atom. The first-order valence-electron chi connectivity index (χ1n) is 10.9. The van der Waals surface area contributed by atoms with Crippen molar-refractivity contribution >= 4 is 29.3 Å². The quantitative estimate of drug-likeness (QED) is 0.411. The molecule has 2 aliphatic rings. The smallest absolute Gasteiger partial charge is 0.237 e. The van der Waals surface area contributed by atoms with Crippen molar-refractivity contribution in [2.24, 2.45) is 5.92 Å². The Morgan fingerprint density at radius 1 is 1.26 bits per heavy atom. The zero-order chi connectivity index (χ0) is 22.5. The number of halogens is 1. The Bertz CT molecular complexity index is 720. The molecule has 2 heterocycles. The topological polar surface area (TPSA) is 111 Å². The van der Waals surface area contributed by atoms with Crippen molar-refractivity contribution in [3.8, 4) is 0 Å². The number of rotatable bonds is 7. The van der Waals surface area contributed by atoms with Crippen LogP contribution in [0.15, 0.2) is 24.3 Å². The van der Waals surface area contributed by atoms with E-state index in [1.54, 1.807) is 30.5 Å². The van der Waals surface area contributed by atoms with E-state index in [2.05, 4.69) is 17.6 Å². The highest BCUT2D eigenvalue weighted by molar-refractivity contribution is 7.99. The van der Waals surface area contributed by atoms with Gasteiger partial charge in [-0.25, -0.2) is 0 Å². The molecule has 9 heteroatoms. The molecular formula is C22H33ClN2O5S. The van der Waals surface area contributed by atoms with Gasteiger partial charge in [0.2, 0.25) is 5.91 Å². The van der Waals surface area contributed by atoms with Gasteiger partial charge in [-0.05, 0) is 49.3 Å². The van der Waals surface area contributed by atoms with Gasteiger partial charge in [0.05, 0.1) is 12.1 Å². The van der Waals surface area contributed by atoms with E-state index in [-0.39, 0.29) is 11.9 Å². The van der Waals surface area contributed by atoms with E-state index >= 15 is 0 Å². The molecule has 0 spiro atoms. The van der Waals surface area contributed by atoms with Crippen molar-refractivity contribution in [1.29, 1.82) is 0 Å². The lowest BCUT2D eigenvalue weighted by Crippen LogP contribution is -2.61. The Balaban J connectivity index is 1.83. The van der Waals surface area contributed by atoms with Gasteiger partial charge < -0.3 is 30.7 Å². The van der Waals surface area contributed by atoms with Crippen molar-refractivity contribution < 1.29 is 24.9 Å². The maximum atomic E-state index is 13.2. The molecule has 2 fully saturated rings. The first-order valence-corrected chi connectivity index (χ1v) is 12.5. The number of aliphatic hydroxyl groups is 3. The van der Waals surface area contributed by atoms with Crippen LogP contribution in [0.25, 0.3) is 0 Å². The zero-order valence-corrected chi connectivity index (χ0v) is 19.5. The standard InChI is InChI=1S/C22H33ClN2O5S/c1-3-4-12-9-10-24-15(11-12)21(29)25-16(13-5-7-14(23)8-6-13)20-18(27)17(26)19(28)22(30-20)31-2/h5-8,12,15-20,22,24,26-28H,3-4,9-11H2,1-2H3,(H,25,29)/t12?,15?,16?,17-,18+,19+,20+,22+/m0/s1. The number of thioether (sulfide) groups is 1. The van der Waals surface area contributed by atoms with E-state index in [1.807, 2.05) is 0 Å². The third-order valence-corrected chi connectivity index (χ3v) is 7.33. The van der Waals surface area contributed by atoms with E-state index in [1.165, 1.54) is 11.8 Å². The Morgan fingerprint density at radius 3 is 2.61 bits per heavy atom. The number of piperidine rings is 1. The minimum atomic E-state index is -1.38. The lowest BCUT2D eigenvalue weighted by atomic mass is 9.87. The number of carbonyl (C=O) groups is 1. The number of hydrogen-bond acceptors (Lipinski definition) is 7. The number of nitrogens with one attached hydrogen (secondary N) is 2. The summed E-state index contributed by atoms with van der Waals surface area (Å²) in [6.45, 7) is 2.94. The summed E-state index contributed by atoms with van der Waals surface area (Å²) in [5, 5.41) is 38.2. The number of ether oxygens (including phenoxy) is 1. The van der Waals surface area contributed by atoms with Gasteiger partial charge in [-0.2, -0.15) is 0 Å². The normalized spacial score (nSPS) is 34.8. The van der Waals surface area contributed by atoms with Gasteiger partial charge in [-0.3, -0.25) is 4.79 Å². The molecular weight excluding hydrogens is 440 g/mol. The molecule has 1 aromatic carbocycles. The van der Waals surface area contributed by atoms with Gasteiger partial charge in [0.15, 0.2) is 0 Å². The number of carbonyl (C=O) groups excluding carboxylic acids is 1. The number of benzene rings is 1. The van der Waals surface area contributed by atoms with Crippen LogP contribution >= 0.6 is 23.4 Å². The highest BCUT2D eigenvalue weighted by atomic mass is 35.5. The summed E-state index contributed by atoms with van der Waals surface area (Å²) >= 11 is 7.28.